The highest BCUT2D eigenvalue weighted by molar-refractivity contribution is 7.99. The van der Waals surface area contributed by atoms with Gasteiger partial charge in [0, 0.05) is 18.1 Å². The number of carbonyl (C=O) groups is 2. The monoisotopic (exact) mass is 235 g/mol. The molecule has 1 amide bonds. The largest absolute Gasteiger partial charge is 0.481 e. The Labute approximate surface area is 93.6 Å². The van der Waals surface area contributed by atoms with Crippen molar-refractivity contribution in [2.75, 3.05) is 25.2 Å². The molecule has 0 atom stereocenters. The Morgan fingerprint density at radius 3 is 2.53 bits per heavy atom. The highest BCUT2D eigenvalue weighted by atomic mass is 32.2. The normalized spacial score (nSPS) is 10.9. The average Bonchev–Trinajstić information content (AvgIpc) is 2.16. The fraction of sp³-hybridized carbons (Fsp3) is 0.778. The predicted molar refractivity (Wildman–Crippen MR) is 59.1 cm³/mol. The molecule has 0 spiro atoms. The van der Waals surface area contributed by atoms with Gasteiger partial charge in [0.2, 0.25) is 0 Å². The van der Waals surface area contributed by atoms with Crippen LogP contribution in [-0.2, 0) is 9.53 Å². The number of carbonyl (C=O) groups excluding carboxylic acids is 1. The molecule has 2 N–H and O–H groups in total. The molecule has 0 unspecified atom stereocenters. The highest BCUT2D eigenvalue weighted by Crippen LogP contribution is 2.21. The van der Waals surface area contributed by atoms with Crippen LogP contribution in [0.3, 0.4) is 0 Å². The second-order valence-corrected chi connectivity index (χ2v) is 4.77. The van der Waals surface area contributed by atoms with Gasteiger partial charge in [0.25, 0.3) is 0 Å². The van der Waals surface area contributed by atoms with E-state index in [1.807, 2.05) is 0 Å². The van der Waals surface area contributed by atoms with E-state index in [1.165, 1.54) is 18.9 Å². The number of hydrogen-bond acceptors (Lipinski definition) is 4. The topological polar surface area (TPSA) is 75.6 Å². The molecule has 0 radical (unpaired) electrons. The van der Waals surface area contributed by atoms with E-state index in [9.17, 15) is 9.59 Å². The van der Waals surface area contributed by atoms with Crippen molar-refractivity contribution in [2.24, 2.45) is 5.41 Å². The zero-order valence-electron chi connectivity index (χ0n) is 9.20. The molecular formula is C9H17NO4S. The molecule has 0 fully saturated rings. The van der Waals surface area contributed by atoms with Crippen molar-refractivity contribution in [3.63, 3.8) is 0 Å². The van der Waals surface area contributed by atoms with Crippen molar-refractivity contribution in [3.8, 4) is 0 Å². The lowest BCUT2D eigenvalue weighted by Gasteiger charge is -2.18. The molecule has 88 valence electrons. The van der Waals surface area contributed by atoms with Crippen molar-refractivity contribution >= 4 is 23.8 Å². The minimum atomic E-state index is -0.809. The quantitative estimate of drug-likeness (QED) is 0.676. The molecule has 0 aliphatic carbocycles. The number of amides is 1. The van der Waals surface area contributed by atoms with E-state index >= 15 is 0 Å². The summed E-state index contributed by atoms with van der Waals surface area (Å²) in [5, 5.41) is 11.3. The Hall–Kier alpha value is -0.910. The number of carboxylic acids is 1. The van der Waals surface area contributed by atoms with Crippen LogP contribution in [0.25, 0.3) is 0 Å². The Morgan fingerprint density at radius 2 is 2.07 bits per heavy atom. The van der Waals surface area contributed by atoms with Gasteiger partial charge < -0.3 is 15.2 Å². The van der Waals surface area contributed by atoms with Gasteiger partial charge in [-0.1, -0.05) is 0 Å². The Kier molecular flexibility index (Phi) is 6.15. The number of methoxy groups -OCH3 is 1. The van der Waals surface area contributed by atoms with Crippen LogP contribution >= 0.6 is 11.8 Å². The predicted octanol–water partition coefficient (Wildman–Crippen LogP) is 1.19. The number of ether oxygens (including phenoxy) is 1. The van der Waals surface area contributed by atoms with Crippen LogP contribution < -0.4 is 5.32 Å². The van der Waals surface area contributed by atoms with Gasteiger partial charge in [-0.2, -0.15) is 11.8 Å². The molecular weight excluding hydrogens is 218 g/mol. The van der Waals surface area contributed by atoms with Crippen LogP contribution in [0.1, 0.15) is 13.8 Å². The minimum absolute atomic E-state index is 0.465. The summed E-state index contributed by atoms with van der Waals surface area (Å²) in [4.78, 5) is 21.4. The van der Waals surface area contributed by atoms with E-state index in [0.29, 0.717) is 18.1 Å². The van der Waals surface area contributed by atoms with Gasteiger partial charge in [-0.05, 0) is 13.8 Å². The van der Waals surface area contributed by atoms with E-state index in [4.69, 9.17) is 5.11 Å². The van der Waals surface area contributed by atoms with Crippen LogP contribution in [0, 0.1) is 5.41 Å². The van der Waals surface area contributed by atoms with Crippen molar-refractivity contribution in [3.05, 3.63) is 0 Å². The lowest BCUT2D eigenvalue weighted by atomic mass is 9.97. The average molecular weight is 235 g/mol. The summed E-state index contributed by atoms with van der Waals surface area (Å²) in [7, 11) is 1.30. The molecule has 0 bridgehead atoms. The van der Waals surface area contributed by atoms with E-state index in [0.717, 1.165) is 0 Å². The maximum atomic E-state index is 10.7. The summed E-state index contributed by atoms with van der Waals surface area (Å²) in [5.74, 6) is 0.382. The SMILES string of the molecule is COC(=O)NCCSCC(C)(C)C(=O)O. The first kappa shape index (κ1) is 14.1. The van der Waals surface area contributed by atoms with Gasteiger partial charge in [0.15, 0.2) is 0 Å². The van der Waals surface area contributed by atoms with Crippen LogP contribution in [0.4, 0.5) is 4.79 Å². The second kappa shape index (κ2) is 6.55. The summed E-state index contributed by atoms with van der Waals surface area (Å²) in [6, 6.07) is 0. The molecule has 0 saturated heterocycles. The Balaban J connectivity index is 3.55. The van der Waals surface area contributed by atoms with Gasteiger partial charge in [-0.3, -0.25) is 4.79 Å². The van der Waals surface area contributed by atoms with E-state index < -0.39 is 17.5 Å². The van der Waals surface area contributed by atoms with E-state index in [1.54, 1.807) is 13.8 Å². The van der Waals surface area contributed by atoms with Crippen LogP contribution in [0.5, 0.6) is 0 Å². The maximum Gasteiger partial charge on any atom is 0.406 e. The van der Waals surface area contributed by atoms with Crippen LogP contribution in [0.2, 0.25) is 0 Å². The summed E-state index contributed by atoms with van der Waals surface area (Å²) < 4.78 is 4.38. The summed E-state index contributed by atoms with van der Waals surface area (Å²) in [6.45, 7) is 3.83. The third kappa shape index (κ3) is 6.22. The van der Waals surface area contributed by atoms with Crippen LogP contribution in [0.15, 0.2) is 0 Å². The van der Waals surface area contributed by atoms with Crippen molar-refractivity contribution in [2.45, 2.75) is 13.8 Å². The Bertz CT molecular complexity index is 230. The number of thioether (sulfide) groups is 1. The number of nitrogens with one attached hydrogen (secondary N) is 1. The number of rotatable bonds is 6. The van der Waals surface area contributed by atoms with E-state index in [2.05, 4.69) is 10.1 Å². The second-order valence-electron chi connectivity index (χ2n) is 3.66. The maximum absolute atomic E-state index is 10.7. The number of hydrogen-bond donors (Lipinski definition) is 2. The summed E-state index contributed by atoms with van der Waals surface area (Å²) in [5.41, 5.74) is -0.726. The molecule has 0 rings (SSSR count). The molecule has 0 heterocycles. The zero-order valence-corrected chi connectivity index (χ0v) is 10.0. The molecule has 0 aliphatic heterocycles. The standard InChI is InChI=1S/C9H17NO4S/c1-9(2,7(11)12)6-15-5-4-10-8(13)14-3/h4-6H2,1-3H3,(H,10,13)(H,11,12). The van der Waals surface area contributed by atoms with E-state index in [-0.39, 0.29) is 0 Å². The smallest absolute Gasteiger partial charge is 0.406 e. The van der Waals surface area contributed by atoms with Crippen LogP contribution in [-0.4, -0.2) is 42.3 Å². The third-order valence-electron chi connectivity index (χ3n) is 1.74. The van der Waals surface area contributed by atoms with Gasteiger partial charge in [0.05, 0.1) is 12.5 Å². The Morgan fingerprint density at radius 1 is 1.47 bits per heavy atom. The molecule has 5 nitrogen and oxygen atoms in total. The zero-order chi connectivity index (χ0) is 11.9. The van der Waals surface area contributed by atoms with Gasteiger partial charge in [-0.15, -0.1) is 0 Å². The molecule has 0 saturated carbocycles. The molecule has 0 aromatic heterocycles. The first-order valence-corrected chi connectivity index (χ1v) is 5.68. The fourth-order valence-electron chi connectivity index (χ4n) is 0.686. The van der Waals surface area contributed by atoms with Gasteiger partial charge in [0.1, 0.15) is 0 Å². The fourth-order valence-corrected chi connectivity index (χ4v) is 1.71. The molecule has 15 heavy (non-hydrogen) atoms. The molecule has 0 aliphatic rings. The minimum Gasteiger partial charge on any atom is -0.481 e. The third-order valence-corrected chi connectivity index (χ3v) is 3.16. The molecule has 6 heteroatoms. The molecule has 0 aromatic rings. The van der Waals surface area contributed by atoms with Crippen molar-refractivity contribution < 1.29 is 19.4 Å². The lowest BCUT2D eigenvalue weighted by molar-refractivity contribution is -0.145. The first-order chi connectivity index (χ1) is 6.90. The number of carboxylic acid groups (broad SMARTS) is 1. The van der Waals surface area contributed by atoms with Crippen molar-refractivity contribution in [1.29, 1.82) is 0 Å². The summed E-state index contributed by atoms with van der Waals surface area (Å²) in [6.07, 6.45) is -0.465. The van der Waals surface area contributed by atoms with Gasteiger partial charge >= 0.3 is 12.1 Å². The van der Waals surface area contributed by atoms with Gasteiger partial charge in [-0.25, -0.2) is 4.79 Å². The first-order valence-electron chi connectivity index (χ1n) is 4.53. The molecule has 0 aromatic carbocycles. The number of aliphatic carboxylic acids is 1. The van der Waals surface area contributed by atoms with Crippen molar-refractivity contribution in [1.82, 2.24) is 5.32 Å². The summed E-state index contributed by atoms with van der Waals surface area (Å²) >= 11 is 1.49. The highest BCUT2D eigenvalue weighted by Gasteiger charge is 2.26. The lowest BCUT2D eigenvalue weighted by Crippen LogP contribution is -2.28. The number of alkyl carbamates (subject to hydrolysis) is 1.